The molecule has 0 aliphatic carbocycles. The zero-order chi connectivity index (χ0) is 12.5. The van der Waals surface area contributed by atoms with Crippen LogP contribution in [0.4, 0.5) is 5.69 Å². The first kappa shape index (κ1) is 12.6. The lowest BCUT2D eigenvalue weighted by atomic mass is 9.85. The summed E-state index contributed by atoms with van der Waals surface area (Å²) >= 11 is 3.13. The summed E-state index contributed by atoms with van der Waals surface area (Å²) in [4.78, 5) is 21.1. The summed E-state index contributed by atoms with van der Waals surface area (Å²) in [5.74, 6) is -1.03. The molecule has 16 heavy (non-hydrogen) atoms. The van der Waals surface area contributed by atoms with Gasteiger partial charge in [0.1, 0.15) is 0 Å². The molecule has 0 saturated heterocycles. The molecule has 0 spiro atoms. The molecule has 0 aliphatic rings. The van der Waals surface area contributed by atoms with Crippen molar-refractivity contribution >= 4 is 27.6 Å². The Labute approximate surface area is 100 Å². The number of nitrogens with zero attached hydrogens (tertiary/aromatic N) is 1. The molecule has 6 heteroatoms. The van der Waals surface area contributed by atoms with Crippen LogP contribution in [0.5, 0.6) is 0 Å². The third kappa shape index (κ3) is 2.38. The van der Waals surface area contributed by atoms with Crippen molar-refractivity contribution in [2.24, 2.45) is 0 Å². The summed E-state index contributed by atoms with van der Waals surface area (Å²) in [5.41, 5.74) is -0.895. The van der Waals surface area contributed by atoms with E-state index >= 15 is 0 Å². The van der Waals surface area contributed by atoms with Crippen LogP contribution in [-0.2, 0) is 10.2 Å². The third-order valence-corrected chi connectivity index (χ3v) is 2.81. The van der Waals surface area contributed by atoms with Gasteiger partial charge in [0.2, 0.25) is 0 Å². The summed E-state index contributed by atoms with van der Waals surface area (Å²) in [6.45, 7) is 3.00. The van der Waals surface area contributed by atoms with Gasteiger partial charge >= 0.3 is 5.97 Å². The van der Waals surface area contributed by atoms with Gasteiger partial charge in [-0.05, 0) is 25.5 Å². The third-order valence-electron chi connectivity index (χ3n) is 2.35. The number of non-ortho nitro benzene ring substituents is 1. The van der Waals surface area contributed by atoms with Gasteiger partial charge in [-0.3, -0.25) is 14.9 Å². The number of rotatable bonds is 3. The van der Waals surface area contributed by atoms with E-state index in [0.717, 1.165) is 0 Å². The number of nitro benzene ring substituents is 1. The van der Waals surface area contributed by atoms with Gasteiger partial charge in [0.05, 0.1) is 10.3 Å². The normalized spacial score (nSPS) is 11.2. The van der Waals surface area contributed by atoms with E-state index in [4.69, 9.17) is 5.11 Å². The Kier molecular flexibility index (Phi) is 3.32. The molecular formula is C10H10BrNO4. The van der Waals surface area contributed by atoms with E-state index in [2.05, 4.69) is 15.9 Å². The highest BCUT2D eigenvalue weighted by Crippen LogP contribution is 2.30. The number of aliphatic carboxylic acids is 1. The van der Waals surface area contributed by atoms with Gasteiger partial charge in [0.25, 0.3) is 5.69 Å². The van der Waals surface area contributed by atoms with Gasteiger partial charge < -0.3 is 5.11 Å². The molecule has 1 N–H and O–H groups in total. The number of carboxylic acids is 1. The molecule has 0 radical (unpaired) electrons. The van der Waals surface area contributed by atoms with Gasteiger partial charge in [-0.25, -0.2) is 0 Å². The molecule has 0 fully saturated rings. The highest BCUT2D eigenvalue weighted by atomic mass is 79.9. The van der Waals surface area contributed by atoms with Crippen LogP contribution in [0.1, 0.15) is 19.4 Å². The van der Waals surface area contributed by atoms with E-state index in [9.17, 15) is 14.9 Å². The minimum Gasteiger partial charge on any atom is -0.481 e. The van der Waals surface area contributed by atoms with Crippen molar-refractivity contribution in [3.05, 3.63) is 38.3 Å². The summed E-state index contributed by atoms with van der Waals surface area (Å²) < 4.78 is 0.492. The maximum atomic E-state index is 11.0. The predicted molar refractivity (Wildman–Crippen MR) is 61.5 cm³/mol. The predicted octanol–water partition coefficient (Wildman–Crippen LogP) is 2.72. The Morgan fingerprint density at radius 2 is 2.00 bits per heavy atom. The first-order valence-corrected chi connectivity index (χ1v) is 5.23. The lowest BCUT2D eigenvalue weighted by Gasteiger charge is -2.19. The second-order valence-electron chi connectivity index (χ2n) is 3.89. The maximum Gasteiger partial charge on any atom is 0.313 e. The molecule has 0 atom stereocenters. The summed E-state index contributed by atoms with van der Waals surface area (Å²) in [5, 5.41) is 19.7. The highest BCUT2D eigenvalue weighted by Gasteiger charge is 2.31. The van der Waals surface area contributed by atoms with E-state index in [-0.39, 0.29) is 5.69 Å². The number of hydrogen-bond donors (Lipinski definition) is 1. The molecule has 5 nitrogen and oxygen atoms in total. The van der Waals surface area contributed by atoms with Crippen LogP contribution in [0.15, 0.2) is 22.7 Å². The monoisotopic (exact) mass is 287 g/mol. The van der Waals surface area contributed by atoms with Crippen molar-refractivity contribution in [1.82, 2.24) is 0 Å². The Balaban J connectivity index is 3.35. The van der Waals surface area contributed by atoms with Crippen molar-refractivity contribution in [3.63, 3.8) is 0 Å². The fraction of sp³-hybridized carbons (Fsp3) is 0.300. The lowest BCUT2D eigenvalue weighted by molar-refractivity contribution is -0.385. The van der Waals surface area contributed by atoms with Gasteiger partial charge in [-0.15, -0.1) is 0 Å². The van der Waals surface area contributed by atoms with Crippen LogP contribution in [0, 0.1) is 10.1 Å². The first-order chi connectivity index (χ1) is 7.25. The van der Waals surface area contributed by atoms with Crippen LogP contribution >= 0.6 is 15.9 Å². The highest BCUT2D eigenvalue weighted by molar-refractivity contribution is 9.10. The second-order valence-corrected chi connectivity index (χ2v) is 4.80. The minimum absolute atomic E-state index is 0.126. The molecular weight excluding hydrogens is 278 g/mol. The number of halogens is 1. The SMILES string of the molecule is CC(C)(C(=O)O)c1cc(Br)cc([N+](=O)[O-])c1. The topological polar surface area (TPSA) is 80.4 Å². The average molecular weight is 288 g/mol. The van der Waals surface area contributed by atoms with Crippen LogP contribution in [0.2, 0.25) is 0 Å². The quantitative estimate of drug-likeness (QED) is 0.685. The molecule has 1 rings (SSSR count). The summed E-state index contributed by atoms with van der Waals surface area (Å²) in [7, 11) is 0. The van der Waals surface area contributed by atoms with E-state index in [1.807, 2.05) is 0 Å². The standard InChI is InChI=1S/C10H10BrNO4/c1-10(2,9(13)14)6-3-7(11)5-8(4-6)12(15)16/h3-5H,1-2H3,(H,13,14). The molecule has 0 aliphatic heterocycles. The molecule has 0 amide bonds. The first-order valence-electron chi connectivity index (χ1n) is 4.44. The van der Waals surface area contributed by atoms with E-state index < -0.39 is 16.3 Å². The fourth-order valence-corrected chi connectivity index (χ4v) is 1.65. The number of hydrogen-bond acceptors (Lipinski definition) is 3. The molecule has 0 heterocycles. The molecule has 1 aromatic rings. The maximum absolute atomic E-state index is 11.0. The number of nitro groups is 1. The van der Waals surface area contributed by atoms with Crippen molar-refractivity contribution in [3.8, 4) is 0 Å². The number of carbonyl (C=O) groups is 1. The van der Waals surface area contributed by atoms with Crippen LogP contribution in [0.3, 0.4) is 0 Å². The van der Waals surface area contributed by atoms with Crippen LogP contribution in [0.25, 0.3) is 0 Å². The van der Waals surface area contributed by atoms with Gasteiger partial charge in [0.15, 0.2) is 0 Å². The Morgan fingerprint density at radius 3 is 2.44 bits per heavy atom. The molecule has 0 bridgehead atoms. The average Bonchev–Trinajstić information content (AvgIpc) is 2.16. The number of benzene rings is 1. The number of carboxylic acid groups (broad SMARTS) is 1. The van der Waals surface area contributed by atoms with Crippen LogP contribution in [-0.4, -0.2) is 16.0 Å². The lowest BCUT2D eigenvalue weighted by Crippen LogP contribution is -2.28. The van der Waals surface area contributed by atoms with Crippen molar-refractivity contribution in [2.45, 2.75) is 19.3 Å². The molecule has 1 aromatic carbocycles. The Hall–Kier alpha value is -1.43. The Morgan fingerprint density at radius 1 is 1.44 bits per heavy atom. The van der Waals surface area contributed by atoms with Crippen LogP contribution < -0.4 is 0 Å². The Bertz CT molecular complexity index is 456. The van der Waals surface area contributed by atoms with E-state index in [0.29, 0.717) is 10.0 Å². The van der Waals surface area contributed by atoms with Gasteiger partial charge in [-0.1, -0.05) is 15.9 Å². The van der Waals surface area contributed by atoms with Gasteiger partial charge in [0, 0.05) is 16.6 Å². The van der Waals surface area contributed by atoms with Gasteiger partial charge in [-0.2, -0.15) is 0 Å². The van der Waals surface area contributed by atoms with Crippen molar-refractivity contribution in [1.29, 1.82) is 0 Å². The van der Waals surface area contributed by atoms with Crippen molar-refractivity contribution in [2.75, 3.05) is 0 Å². The minimum atomic E-state index is -1.16. The zero-order valence-corrected chi connectivity index (χ0v) is 10.3. The summed E-state index contributed by atoms with van der Waals surface area (Å²) in [6, 6.07) is 4.18. The molecule has 0 aromatic heterocycles. The second kappa shape index (κ2) is 4.21. The summed E-state index contributed by atoms with van der Waals surface area (Å²) in [6.07, 6.45) is 0. The molecule has 0 unspecified atom stereocenters. The molecule has 86 valence electrons. The fourth-order valence-electron chi connectivity index (χ4n) is 1.16. The smallest absolute Gasteiger partial charge is 0.313 e. The largest absolute Gasteiger partial charge is 0.481 e. The van der Waals surface area contributed by atoms with Crippen molar-refractivity contribution < 1.29 is 14.8 Å². The zero-order valence-electron chi connectivity index (χ0n) is 8.73. The molecule has 0 saturated carbocycles. The van der Waals surface area contributed by atoms with E-state index in [1.54, 1.807) is 6.07 Å². The van der Waals surface area contributed by atoms with E-state index in [1.165, 1.54) is 26.0 Å².